The van der Waals surface area contributed by atoms with Crippen LogP contribution >= 0.6 is 0 Å². The van der Waals surface area contributed by atoms with E-state index in [1.54, 1.807) is 12.1 Å². The second kappa shape index (κ2) is 6.25. The molecule has 1 unspecified atom stereocenters. The molecule has 2 aromatic rings. The molecule has 1 aliphatic heterocycles. The standard InChI is InChI=1S/C16H15F2NO5S/c1-16(20,10-2-4-13-14(6-10)24-9-23-13)8-19-25(21,22)15-5-3-11(17)7-12(15)18/h2-7,19-20H,8-9H2,1H3. The highest BCUT2D eigenvalue weighted by Gasteiger charge is 2.29. The Labute approximate surface area is 143 Å². The fourth-order valence-corrected chi connectivity index (χ4v) is 3.53. The van der Waals surface area contributed by atoms with Gasteiger partial charge in [-0.1, -0.05) is 6.07 Å². The monoisotopic (exact) mass is 371 g/mol. The number of aliphatic hydroxyl groups is 1. The molecule has 2 N–H and O–H groups in total. The van der Waals surface area contributed by atoms with Gasteiger partial charge in [0.1, 0.15) is 22.1 Å². The first-order valence-electron chi connectivity index (χ1n) is 7.26. The van der Waals surface area contributed by atoms with Crippen LogP contribution in [0.5, 0.6) is 11.5 Å². The van der Waals surface area contributed by atoms with Crippen molar-refractivity contribution >= 4 is 10.0 Å². The zero-order chi connectivity index (χ0) is 18.2. The summed E-state index contributed by atoms with van der Waals surface area (Å²) in [5.41, 5.74) is -1.20. The summed E-state index contributed by atoms with van der Waals surface area (Å²) >= 11 is 0. The van der Waals surface area contributed by atoms with E-state index < -0.39 is 38.7 Å². The molecule has 0 saturated heterocycles. The molecule has 0 aromatic heterocycles. The summed E-state index contributed by atoms with van der Waals surface area (Å²) in [7, 11) is -4.27. The van der Waals surface area contributed by atoms with E-state index >= 15 is 0 Å². The first kappa shape index (κ1) is 17.6. The van der Waals surface area contributed by atoms with Gasteiger partial charge >= 0.3 is 0 Å². The van der Waals surface area contributed by atoms with Gasteiger partial charge in [-0.05, 0) is 36.8 Å². The molecule has 0 fully saturated rings. The molecule has 0 bridgehead atoms. The van der Waals surface area contributed by atoms with E-state index in [1.165, 1.54) is 13.0 Å². The highest BCUT2D eigenvalue weighted by Crippen LogP contribution is 2.35. The molecule has 6 nitrogen and oxygen atoms in total. The highest BCUT2D eigenvalue weighted by atomic mass is 32.2. The van der Waals surface area contributed by atoms with Gasteiger partial charge in [0, 0.05) is 12.6 Å². The molecule has 1 heterocycles. The van der Waals surface area contributed by atoms with Crippen molar-refractivity contribution < 1.29 is 31.8 Å². The average Bonchev–Trinajstić information content (AvgIpc) is 3.00. The van der Waals surface area contributed by atoms with Crippen LogP contribution in [-0.4, -0.2) is 26.9 Å². The topological polar surface area (TPSA) is 84.9 Å². The van der Waals surface area contributed by atoms with Gasteiger partial charge in [-0.3, -0.25) is 0 Å². The van der Waals surface area contributed by atoms with Crippen molar-refractivity contribution in [3.63, 3.8) is 0 Å². The molecular formula is C16H15F2NO5S. The number of fused-ring (bicyclic) bond motifs is 1. The number of sulfonamides is 1. The fraction of sp³-hybridized carbons (Fsp3) is 0.250. The Kier molecular flexibility index (Phi) is 4.40. The molecule has 0 spiro atoms. The maximum Gasteiger partial charge on any atom is 0.243 e. The van der Waals surface area contributed by atoms with Gasteiger partial charge in [0.05, 0.1) is 0 Å². The lowest BCUT2D eigenvalue weighted by atomic mass is 9.96. The van der Waals surface area contributed by atoms with Crippen molar-refractivity contribution in [2.45, 2.75) is 17.4 Å². The maximum absolute atomic E-state index is 13.7. The largest absolute Gasteiger partial charge is 0.454 e. The van der Waals surface area contributed by atoms with E-state index in [0.717, 1.165) is 12.1 Å². The summed E-state index contributed by atoms with van der Waals surface area (Å²) in [5.74, 6) is -1.14. The third-order valence-electron chi connectivity index (χ3n) is 3.78. The second-order valence-electron chi connectivity index (χ2n) is 5.74. The Bertz CT molecular complexity index is 915. The number of rotatable bonds is 5. The Morgan fingerprint density at radius 1 is 1.16 bits per heavy atom. The molecular weight excluding hydrogens is 356 g/mol. The van der Waals surface area contributed by atoms with Crippen LogP contribution in [0.4, 0.5) is 8.78 Å². The summed E-state index contributed by atoms with van der Waals surface area (Å²) in [6, 6.07) is 6.84. The van der Waals surface area contributed by atoms with Gasteiger partial charge in [-0.2, -0.15) is 0 Å². The van der Waals surface area contributed by atoms with Crippen molar-refractivity contribution in [3.8, 4) is 11.5 Å². The zero-order valence-electron chi connectivity index (χ0n) is 13.1. The van der Waals surface area contributed by atoms with Crippen molar-refractivity contribution in [3.05, 3.63) is 53.6 Å². The van der Waals surface area contributed by atoms with Gasteiger partial charge < -0.3 is 14.6 Å². The SMILES string of the molecule is CC(O)(CNS(=O)(=O)c1ccc(F)cc1F)c1ccc2c(c1)OCO2. The Morgan fingerprint density at radius 3 is 2.60 bits per heavy atom. The first-order chi connectivity index (χ1) is 11.7. The molecule has 0 radical (unpaired) electrons. The summed E-state index contributed by atoms with van der Waals surface area (Å²) in [6.07, 6.45) is 0. The minimum Gasteiger partial charge on any atom is -0.454 e. The summed E-state index contributed by atoms with van der Waals surface area (Å²) in [6.45, 7) is 1.04. The molecule has 0 amide bonds. The summed E-state index contributed by atoms with van der Waals surface area (Å²) < 4.78 is 63.5. The lowest BCUT2D eigenvalue weighted by molar-refractivity contribution is 0.0625. The van der Waals surface area contributed by atoms with Gasteiger partial charge in [0.2, 0.25) is 16.8 Å². The molecule has 0 aliphatic carbocycles. The predicted molar refractivity (Wildman–Crippen MR) is 83.7 cm³/mol. The number of halogens is 2. The number of hydrogen-bond acceptors (Lipinski definition) is 5. The smallest absolute Gasteiger partial charge is 0.243 e. The molecule has 3 rings (SSSR count). The third kappa shape index (κ3) is 3.58. The maximum atomic E-state index is 13.7. The lowest BCUT2D eigenvalue weighted by Crippen LogP contribution is -2.38. The van der Waals surface area contributed by atoms with E-state index in [1.807, 2.05) is 0 Å². The Morgan fingerprint density at radius 2 is 1.88 bits per heavy atom. The van der Waals surface area contributed by atoms with E-state index in [0.29, 0.717) is 23.1 Å². The van der Waals surface area contributed by atoms with Crippen LogP contribution in [0.3, 0.4) is 0 Å². The van der Waals surface area contributed by atoms with Gasteiger partial charge in [0.15, 0.2) is 11.5 Å². The van der Waals surface area contributed by atoms with Crippen LogP contribution in [0, 0.1) is 11.6 Å². The van der Waals surface area contributed by atoms with E-state index in [-0.39, 0.29) is 6.79 Å². The molecule has 134 valence electrons. The molecule has 9 heteroatoms. The number of nitrogens with one attached hydrogen (secondary N) is 1. The quantitative estimate of drug-likeness (QED) is 0.838. The normalized spacial score (nSPS) is 15.8. The zero-order valence-corrected chi connectivity index (χ0v) is 13.9. The van der Waals surface area contributed by atoms with Crippen LogP contribution in [0.25, 0.3) is 0 Å². The number of ether oxygens (including phenoxy) is 2. The van der Waals surface area contributed by atoms with Crippen molar-refractivity contribution in [2.75, 3.05) is 13.3 Å². The van der Waals surface area contributed by atoms with E-state index in [9.17, 15) is 22.3 Å². The molecule has 1 atom stereocenters. The molecule has 1 aliphatic rings. The molecule has 25 heavy (non-hydrogen) atoms. The third-order valence-corrected chi connectivity index (χ3v) is 5.22. The average molecular weight is 371 g/mol. The number of hydrogen-bond donors (Lipinski definition) is 2. The van der Waals surface area contributed by atoms with E-state index in [4.69, 9.17) is 9.47 Å². The van der Waals surface area contributed by atoms with E-state index in [2.05, 4.69) is 4.72 Å². The Hall–Kier alpha value is -2.23. The van der Waals surface area contributed by atoms with Gasteiger partial charge in [-0.15, -0.1) is 0 Å². The van der Waals surface area contributed by atoms with Crippen LogP contribution in [0.2, 0.25) is 0 Å². The highest BCUT2D eigenvalue weighted by molar-refractivity contribution is 7.89. The van der Waals surface area contributed by atoms with Crippen LogP contribution < -0.4 is 14.2 Å². The van der Waals surface area contributed by atoms with Crippen molar-refractivity contribution in [1.29, 1.82) is 0 Å². The van der Waals surface area contributed by atoms with Crippen LogP contribution in [0.15, 0.2) is 41.3 Å². The lowest BCUT2D eigenvalue weighted by Gasteiger charge is -2.24. The molecule has 2 aromatic carbocycles. The predicted octanol–water partition coefficient (Wildman–Crippen LogP) is 1.88. The Balaban J connectivity index is 1.79. The first-order valence-corrected chi connectivity index (χ1v) is 8.75. The van der Waals surface area contributed by atoms with Gasteiger partial charge in [-0.25, -0.2) is 21.9 Å². The van der Waals surface area contributed by atoms with Crippen molar-refractivity contribution in [2.24, 2.45) is 0 Å². The molecule has 0 saturated carbocycles. The summed E-state index contributed by atoms with van der Waals surface area (Å²) in [5, 5.41) is 10.6. The van der Waals surface area contributed by atoms with Crippen LogP contribution in [-0.2, 0) is 15.6 Å². The van der Waals surface area contributed by atoms with Gasteiger partial charge in [0.25, 0.3) is 0 Å². The minimum atomic E-state index is -4.27. The number of benzene rings is 2. The fourth-order valence-electron chi connectivity index (χ4n) is 2.34. The van der Waals surface area contributed by atoms with Crippen molar-refractivity contribution in [1.82, 2.24) is 4.72 Å². The summed E-state index contributed by atoms with van der Waals surface area (Å²) in [4.78, 5) is -0.699. The second-order valence-corrected chi connectivity index (χ2v) is 7.48. The van der Waals surface area contributed by atoms with Crippen LogP contribution in [0.1, 0.15) is 12.5 Å². The minimum absolute atomic E-state index is 0.0669.